The van der Waals surface area contributed by atoms with Crippen LogP contribution in [0.1, 0.15) is 21.6 Å². The number of nitrogens with zero attached hydrogens (tertiary/aromatic N) is 3. The van der Waals surface area contributed by atoms with Crippen LogP contribution in [0, 0.1) is 6.92 Å². The van der Waals surface area contributed by atoms with Crippen LogP contribution in [0.4, 0.5) is 0 Å². The molecular weight excluding hydrogens is 362 g/mol. The first-order valence-electron chi connectivity index (χ1n) is 8.44. The van der Waals surface area contributed by atoms with Gasteiger partial charge in [-0.2, -0.15) is 5.10 Å². The van der Waals surface area contributed by atoms with Gasteiger partial charge in [-0.1, -0.05) is 54.1 Å². The first-order chi connectivity index (χ1) is 13.0. The molecular formula is C21H16ClN3O2. The van der Waals surface area contributed by atoms with Crippen LogP contribution in [0.2, 0.25) is 5.02 Å². The van der Waals surface area contributed by atoms with Gasteiger partial charge in [-0.3, -0.25) is 0 Å². The lowest BCUT2D eigenvalue weighted by atomic mass is 10.1. The summed E-state index contributed by atoms with van der Waals surface area (Å²) in [6.45, 7) is 2.25. The van der Waals surface area contributed by atoms with E-state index in [1.807, 2.05) is 54.6 Å². The van der Waals surface area contributed by atoms with E-state index < -0.39 is 5.97 Å². The number of fused-ring (bicyclic) bond motifs is 1. The minimum atomic E-state index is -0.995. The zero-order valence-corrected chi connectivity index (χ0v) is 15.3. The SMILES string of the molecule is Cc1nn(Cc2cccc(Cl)c2)c2nc(-c3ccccc3)cc(C(=O)O)c12. The molecule has 1 N–H and O–H groups in total. The smallest absolute Gasteiger partial charge is 0.336 e. The number of benzene rings is 2. The third kappa shape index (κ3) is 3.29. The predicted molar refractivity (Wildman–Crippen MR) is 105 cm³/mol. The summed E-state index contributed by atoms with van der Waals surface area (Å²) < 4.78 is 1.73. The van der Waals surface area contributed by atoms with Crippen molar-refractivity contribution in [3.63, 3.8) is 0 Å². The van der Waals surface area contributed by atoms with Gasteiger partial charge in [0.25, 0.3) is 0 Å². The van der Waals surface area contributed by atoms with Crippen LogP contribution >= 0.6 is 11.6 Å². The summed E-state index contributed by atoms with van der Waals surface area (Å²) in [5.74, 6) is -0.995. The maximum absolute atomic E-state index is 11.9. The number of aromatic nitrogens is 3. The lowest BCUT2D eigenvalue weighted by Crippen LogP contribution is -2.05. The maximum atomic E-state index is 11.9. The van der Waals surface area contributed by atoms with E-state index in [-0.39, 0.29) is 5.56 Å². The fraction of sp³-hybridized carbons (Fsp3) is 0.0952. The summed E-state index contributed by atoms with van der Waals surface area (Å²) in [6.07, 6.45) is 0. The molecule has 2 aromatic heterocycles. The van der Waals surface area contributed by atoms with Gasteiger partial charge in [-0.25, -0.2) is 14.5 Å². The fourth-order valence-corrected chi connectivity index (χ4v) is 3.41. The van der Waals surface area contributed by atoms with Gasteiger partial charge in [-0.05, 0) is 30.7 Å². The fourth-order valence-electron chi connectivity index (χ4n) is 3.20. The number of hydrogen-bond acceptors (Lipinski definition) is 3. The number of hydrogen-bond donors (Lipinski definition) is 1. The molecule has 0 aliphatic carbocycles. The molecule has 0 saturated carbocycles. The molecule has 0 aliphatic heterocycles. The van der Waals surface area contributed by atoms with Gasteiger partial charge >= 0.3 is 5.97 Å². The number of carbonyl (C=O) groups is 1. The standard InChI is InChI=1S/C21H16ClN3O2/c1-13-19-17(21(26)27)11-18(15-7-3-2-4-8-15)23-20(19)25(24-13)12-14-6-5-9-16(22)10-14/h2-11H,12H2,1H3,(H,26,27). The highest BCUT2D eigenvalue weighted by molar-refractivity contribution is 6.30. The van der Waals surface area contributed by atoms with Gasteiger partial charge in [0, 0.05) is 10.6 Å². The van der Waals surface area contributed by atoms with E-state index in [1.165, 1.54) is 0 Å². The maximum Gasteiger partial charge on any atom is 0.336 e. The van der Waals surface area contributed by atoms with Crippen LogP contribution in [0.25, 0.3) is 22.3 Å². The molecule has 0 fully saturated rings. The lowest BCUT2D eigenvalue weighted by molar-refractivity contribution is 0.0699. The highest BCUT2D eigenvalue weighted by Gasteiger charge is 2.19. The van der Waals surface area contributed by atoms with Crippen molar-refractivity contribution in [3.8, 4) is 11.3 Å². The highest BCUT2D eigenvalue weighted by Crippen LogP contribution is 2.27. The first-order valence-corrected chi connectivity index (χ1v) is 8.82. The van der Waals surface area contributed by atoms with E-state index in [0.717, 1.165) is 11.1 Å². The van der Waals surface area contributed by atoms with Crippen LogP contribution in [0.5, 0.6) is 0 Å². The Balaban J connectivity index is 1.93. The summed E-state index contributed by atoms with van der Waals surface area (Å²) in [5, 5.41) is 15.5. The monoisotopic (exact) mass is 377 g/mol. The molecule has 0 radical (unpaired) electrons. The Labute approximate surface area is 160 Å². The molecule has 0 saturated heterocycles. The summed E-state index contributed by atoms with van der Waals surface area (Å²) in [6, 6.07) is 18.6. The van der Waals surface area contributed by atoms with Crippen molar-refractivity contribution in [2.75, 3.05) is 0 Å². The average molecular weight is 378 g/mol. The van der Waals surface area contributed by atoms with Gasteiger partial charge in [0.1, 0.15) is 0 Å². The number of pyridine rings is 1. The minimum absolute atomic E-state index is 0.202. The van der Waals surface area contributed by atoms with Crippen molar-refractivity contribution in [2.45, 2.75) is 13.5 Å². The van der Waals surface area contributed by atoms with Crippen LogP contribution in [0.15, 0.2) is 60.7 Å². The second-order valence-corrected chi connectivity index (χ2v) is 6.73. The Hall–Kier alpha value is -3.18. The number of rotatable bonds is 4. The summed E-state index contributed by atoms with van der Waals surface area (Å²) in [4.78, 5) is 16.6. The van der Waals surface area contributed by atoms with E-state index in [0.29, 0.717) is 34.0 Å². The molecule has 0 bridgehead atoms. The number of carboxylic acids is 1. The van der Waals surface area contributed by atoms with Gasteiger partial charge in [0.2, 0.25) is 0 Å². The lowest BCUT2D eigenvalue weighted by Gasteiger charge is -2.07. The van der Waals surface area contributed by atoms with E-state index in [4.69, 9.17) is 16.6 Å². The molecule has 0 amide bonds. The van der Waals surface area contributed by atoms with Crippen LogP contribution in [-0.2, 0) is 6.54 Å². The van der Waals surface area contributed by atoms with Crippen molar-refractivity contribution >= 4 is 28.6 Å². The molecule has 5 nitrogen and oxygen atoms in total. The van der Waals surface area contributed by atoms with Crippen LogP contribution in [-0.4, -0.2) is 25.8 Å². The van der Waals surface area contributed by atoms with Gasteiger partial charge in [0.05, 0.1) is 28.9 Å². The second-order valence-electron chi connectivity index (χ2n) is 6.30. The largest absolute Gasteiger partial charge is 0.478 e. The second kappa shape index (κ2) is 6.85. The number of aryl methyl sites for hydroxylation is 1. The molecule has 0 aliphatic rings. The average Bonchev–Trinajstić information content (AvgIpc) is 2.97. The van der Waals surface area contributed by atoms with Crippen molar-refractivity contribution in [1.82, 2.24) is 14.8 Å². The molecule has 0 spiro atoms. The van der Waals surface area contributed by atoms with Crippen molar-refractivity contribution in [2.24, 2.45) is 0 Å². The summed E-state index contributed by atoms with van der Waals surface area (Å²) >= 11 is 6.08. The molecule has 4 rings (SSSR count). The molecule has 134 valence electrons. The zero-order valence-electron chi connectivity index (χ0n) is 14.6. The topological polar surface area (TPSA) is 68.0 Å². The van der Waals surface area contributed by atoms with Crippen LogP contribution < -0.4 is 0 Å². The molecule has 6 heteroatoms. The van der Waals surface area contributed by atoms with Crippen molar-refractivity contribution in [1.29, 1.82) is 0 Å². The van der Waals surface area contributed by atoms with E-state index in [2.05, 4.69) is 5.10 Å². The molecule has 2 aromatic carbocycles. The minimum Gasteiger partial charge on any atom is -0.478 e. The van der Waals surface area contributed by atoms with E-state index in [9.17, 15) is 9.90 Å². The molecule has 4 aromatic rings. The van der Waals surface area contributed by atoms with E-state index >= 15 is 0 Å². The summed E-state index contributed by atoms with van der Waals surface area (Å²) in [5.41, 5.74) is 3.81. The zero-order chi connectivity index (χ0) is 19.0. The Morgan fingerprint density at radius 2 is 1.89 bits per heavy atom. The molecule has 2 heterocycles. The highest BCUT2D eigenvalue weighted by atomic mass is 35.5. The number of carboxylic acid groups (broad SMARTS) is 1. The third-order valence-corrected chi connectivity index (χ3v) is 4.63. The predicted octanol–water partition coefficient (Wildman–Crippen LogP) is 4.81. The Morgan fingerprint density at radius 1 is 1.11 bits per heavy atom. The van der Waals surface area contributed by atoms with Crippen molar-refractivity contribution in [3.05, 3.63) is 82.5 Å². The Bertz CT molecular complexity index is 1150. The number of aromatic carboxylic acids is 1. The molecule has 0 atom stereocenters. The first kappa shape index (κ1) is 17.2. The van der Waals surface area contributed by atoms with Gasteiger partial charge < -0.3 is 5.11 Å². The van der Waals surface area contributed by atoms with Crippen LogP contribution in [0.3, 0.4) is 0 Å². The Kier molecular flexibility index (Phi) is 4.38. The van der Waals surface area contributed by atoms with E-state index in [1.54, 1.807) is 17.7 Å². The third-order valence-electron chi connectivity index (χ3n) is 4.40. The molecule has 0 unspecified atom stereocenters. The number of halogens is 1. The molecule has 27 heavy (non-hydrogen) atoms. The van der Waals surface area contributed by atoms with Crippen molar-refractivity contribution < 1.29 is 9.90 Å². The Morgan fingerprint density at radius 3 is 2.59 bits per heavy atom. The van der Waals surface area contributed by atoms with Gasteiger partial charge in [0.15, 0.2) is 5.65 Å². The normalized spacial score (nSPS) is 11.0. The van der Waals surface area contributed by atoms with Gasteiger partial charge in [-0.15, -0.1) is 0 Å². The quantitative estimate of drug-likeness (QED) is 0.554. The summed E-state index contributed by atoms with van der Waals surface area (Å²) in [7, 11) is 0.